The van der Waals surface area contributed by atoms with Gasteiger partial charge in [0.2, 0.25) is 0 Å². The van der Waals surface area contributed by atoms with Crippen LogP contribution < -0.4 is 10.1 Å². The van der Waals surface area contributed by atoms with E-state index in [1.54, 1.807) is 12.4 Å². The lowest BCUT2D eigenvalue weighted by Gasteiger charge is -2.12. The van der Waals surface area contributed by atoms with Crippen molar-refractivity contribution in [2.45, 2.75) is 26.5 Å². The SMILES string of the molecule is CC(C)Oc1nccnc1NCc1cc2ccccc2[nH]1. The van der Waals surface area contributed by atoms with Gasteiger partial charge < -0.3 is 15.0 Å². The van der Waals surface area contributed by atoms with Crippen molar-refractivity contribution in [1.82, 2.24) is 15.0 Å². The molecule has 0 unspecified atom stereocenters. The number of hydrogen-bond acceptors (Lipinski definition) is 4. The third kappa shape index (κ3) is 3.13. The molecule has 3 aromatic rings. The number of rotatable bonds is 5. The van der Waals surface area contributed by atoms with Gasteiger partial charge in [0.15, 0.2) is 5.82 Å². The summed E-state index contributed by atoms with van der Waals surface area (Å²) in [5, 5.41) is 4.47. The summed E-state index contributed by atoms with van der Waals surface area (Å²) in [6.45, 7) is 4.58. The van der Waals surface area contributed by atoms with Crippen LogP contribution in [0.2, 0.25) is 0 Å². The molecule has 5 nitrogen and oxygen atoms in total. The Morgan fingerprint density at radius 2 is 2.00 bits per heavy atom. The van der Waals surface area contributed by atoms with Crippen LogP contribution in [0.25, 0.3) is 10.9 Å². The first-order valence-corrected chi connectivity index (χ1v) is 7.00. The van der Waals surface area contributed by atoms with E-state index in [2.05, 4.69) is 38.5 Å². The Balaban J connectivity index is 1.75. The van der Waals surface area contributed by atoms with Gasteiger partial charge in [0.05, 0.1) is 12.6 Å². The van der Waals surface area contributed by atoms with E-state index in [0.717, 1.165) is 11.2 Å². The third-order valence-corrected chi connectivity index (χ3v) is 3.04. The molecule has 5 heteroatoms. The summed E-state index contributed by atoms with van der Waals surface area (Å²) in [6.07, 6.45) is 3.35. The highest BCUT2D eigenvalue weighted by Crippen LogP contribution is 2.20. The van der Waals surface area contributed by atoms with Crippen LogP contribution in [-0.4, -0.2) is 21.1 Å². The van der Waals surface area contributed by atoms with Crippen molar-refractivity contribution in [2.24, 2.45) is 0 Å². The van der Waals surface area contributed by atoms with Gasteiger partial charge >= 0.3 is 0 Å². The molecule has 0 amide bonds. The number of fused-ring (bicyclic) bond motifs is 1. The van der Waals surface area contributed by atoms with E-state index in [1.165, 1.54) is 5.39 Å². The summed E-state index contributed by atoms with van der Waals surface area (Å²) in [6, 6.07) is 10.3. The molecule has 0 aliphatic carbocycles. The number of anilines is 1. The van der Waals surface area contributed by atoms with Crippen molar-refractivity contribution in [3.63, 3.8) is 0 Å². The monoisotopic (exact) mass is 282 g/mol. The third-order valence-electron chi connectivity index (χ3n) is 3.04. The molecule has 2 N–H and O–H groups in total. The van der Waals surface area contributed by atoms with Gasteiger partial charge in [-0.1, -0.05) is 18.2 Å². The zero-order valence-electron chi connectivity index (χ0n) is 12.1. The molecule has 21 heavy (non-hydrogen) atoms. The van der Waals surface area contributed by atoms with E-state index in [-0.39, 0.29) is 6.10 Å². The predicted octanol–water partition coefficient (Wildman–Crippen LogP) is 3.36. The topological polar surface area (TPSA) is 62.8 Å². The number of para-hydroxylation sites is 1. The van der Waals surface area contributed by atoms with Crippen LogP contribution >= 0.6 is 0 Å². The average molecular weight is 282 g/mol. The smallest absolute Gasteiger partial charge is 0.257 e. The molecule has 0 radical (unpaired) electrons. The van der Waals surface area contributed by atoms with E-state index < -0.39 is 0 Å². The van der Waals surface area contributed by atoms with Crippen LogP contribution in [0, 0.1) is 0 Å². The molecule has 0 saturated carbocycles. The van der Waals surface area contributed by atoms with E-state index in [9.17, 15) is 0 Å². The number of aromatic amines is 1. The van der Waals surface area contributed by atoms with Crippen molar-refractivity contribution in [1.29, 1.82) is 0 Å². The van der Waals surface area contributed by atoms with Crippen LogP contribution in [0.15, 0.2) is 42.7 Å². The van der Waals surface area contributed by atoms with E-state index in [4.69, 9.17) is 4.74 Å². The average Bonchev–Trinajstić information content (AvgIpc) is 2.88. The van der Waals surface area contributed by atoms with Crippen LogP contribution in [0.3, 0.4) is 0 Å². The van der Waals surface area contributed by atoms with Crippen LogP contribution in [-0.2, 0) is 6.54 Å². The molecule has 0 spiro atoms. The highest BCUT2D eigenvalue weighted by atomic mass is 16.5. The summed E-state index contributed by atoms with van der Waals surface area (Å²) in [5.41, 5.74) is 2.23. The molecular weight excluding hydrogens is 264 g/mol. The second kappa shape index (κ2) is 5.83. The first kappa shape index (κ1) is 13.4. The van der Waals surface area contributed by atoms with Crippen molar-refractivity contribution < 1.29 is 4.74 Å². The summed E-state index contributed by atoms with van der Waals surface area (Å²) in [5.74, 6) is 1.19. The molecular formula is C16H18N4O. The van der Waals surface area contributed by atoms with Crippen molar-refractivity contribution >= 4 is 16.7 Å². The molecule has 3 rings (SSSR count). The summed E-state index contributed by atoms with van der Waals surface area (Å²) >= 11 is 0. The molecule has 0 atom stereocenters. The van der Waals surface area contributed by atoms with E-state index in [0.29, 0.717) is 18.2 Å². The quantitative estimate of drug-likeness (QED) is 0.753. The van der Waals surface area contributed by atoms with E-state index >= 15 is 0 Å². The number of ether oxygens (including phenoxy) is 1. The number of aromatic nitrogens is 3. The Morgan fingerprint density at radius 3 is 2.81 bits per heavy atom. The normalized spacial score (nSPS) is 11.0. The molecule has 2 aromatic heterocycles. The molecule has 0 fully saturated rings. The number of nitrogens with one attached hydrogen (secondary N) is 2. The second-order valence-corrected chi connectivity index (χ2v) is 5.11. The summed E-state index contributed by atoms with van der Waals surface area (Å²) < 4.78 is 5.65. The molecule has 0 bridgehead atoms. The minimum Gasteiger partial charge on any atom is -0.472 e. The maximum atomic E-state index is 5.65. The highest BCUT2D eigenvalue weighted by molar-refractivity contribution is 5.80. The zero-order chi connectivity index (χ0) is 14.7. The zero-order valence-corrected chi connectivity index (χ0v) is 12.1. The Hall–Kier alpha value is -2.56. The first-order chi connectivity index (χ1) is 10.2. The summed E-state index contributed by atoms with van der Waals surface area (Å²) in [7, 11) is 0. The highest BCUT2D eigenvalue weighted by Gasteiger charge is 2.08. The Morgan fingerprint density at radius 1 is 1.19 bits per heavy atom. The predicted molar refractivity (Wildman–Crippen MR) is 83.4 cm³/mol. The van der Waals surface area contributed by atoms with Crippen molar-refractivity contribution in [3.05, 3.63) is 48.4 Å². The van der Waals surface area contributed by atoms with Gasteiger partial charge in [0, 0.05) is 23.6 Å². The van der Waals surface area contributed by atoms with Gasteiger partial charge in [-0.25, -0.2) is 9.97 Å². The van der Waals surface area contributed by atoms with Gasteiger partial charge in [-0.05, 0) is 31.4 Å². The minimum absolute atomic E-state index is 0.0651. The van der Waals surface area contributed by atoms with E-state index in [1.807, 2.05) is 26.0 Å². The van der Waals surface area contributed by atoms with Gasteiger partial charge in [-0.3, -0.25) is 0 Å². The minimum atomic E-state index is 0.0651. The van der Waals surface area contributed by atoms with Crippen molar-refractivity contribution in [2.75, 3.05) is 5.32 Å². The first-order valence-electron chi connectivity index (χ1n) is 7.00. The Bertz CT molecular complexity index is 703. The van der Waals surface area contributed by atoms with Gasteiger partial charge in [-0.15, -0.1) is 0 Å². The molecule has 0 aliphatic rings. The maximum absolute atomic E-state index is 5.65. The second-order valence-electron chi connectivity index (χ2n) is 5.11. The van der Waals surface area contributed by atoms with Gasteiger partial charge in [0.1, 0.15) is 0 Å². The number of nitrogens with zero attached hydrogens (tertiary/aromatic N) is 2. The van der Waals surface area contributed by atoms with Crippen LogP contribution in [0.4, 0.5) is 5.82 Å². The standard InChI is InChI=1S/C16H18N4O/c1-11(2)21-16-15(17-7-8-18-16)19-10-13-9-12-5-3-4-6-14(12)20-13/h3-9,11,20H,10H2,1-2H3,(H,17,19). The Kier molecular flexibility index (Phi) is 3.73. The molecule has 0 saturated heterocycles. The van der Waals surface area contributed by atoms with Crippen LogP contribution in [0.5, 0.6) is 5.88 Å². The summed E-state index contributed by atoms with van der Waals surface area (Å²) in [4.78, 5) is 11.9. The largest absolute Gasteiger partial charge is 0.472 e. The van der Waals surface area contributed by atoms with Crippen LogP contribution in [0.1, 0.15) is 19.5 Å². The number of hydrogen-bond donors (Lipinski definition) is 2. The number of benzene rings is 1. The molecule has 108 valence electrons. The maximum Gasteiger partial charge on any atom is 0.257 e. The number of H-pyrrole nitrogens is 1. The fourth-order valence-corrected chi connectivity index (χ4v) is 2.16. The van der Waals surface area contributed by atoms with Crippen molar-refractivity contribution in [3.8, 4) is 5.88 Å². The molecule has 2 heterocycles. The lowest BCUT2D eigenvalue weighted by molar-refractivity contribution is 0.233. The van der Waals surface area contributed by atoms with Gasteiger partial charge in [0.25, 0.3) is 5.88 Å². The Labute approximate surface area is 123 Å². The van der Waals surface area contributed by atoms with Gasteiger partial charge in [-0.2, -0.15) is 0 Å². The lowest BCUT2D eigenvalue weighted by atomic mass is 10.2. The molecule has 1 aromatic carbocycles. The molecule has 0 aliphatic heterocycles. The fourth-order valence-electron chi connectivity index (χ4n) is 2.16. The fraction of sp³-hybridized carbons (Fsp3) is 0.250. The lowest BCUT2D eigenvalue weighted by Crippen LogP contribution is -2.11.